The Morgan fingerprint density at radius 3 is 2.75 bits per heavy atom. The molecule has 4 aromatic rings. The smallest absolute Gasteiger partial charge is 0.260 e. The minimum atomic E-state index is 0.00886. The molecule has 32 heavy (non-hydrogen) atoms. The van der Waals surface area contributed by atoms with Crippen LogP contribution in [0.4, 0.5) is 0 Å². The highest BCUT2D eigenvalue weighted by atomic mass is 16.5. The van der Waals surface area contributed by atoms with Crippen LogP contribution < -0.4 is 4.74 Å². The second-order valence-electron chi connectivity index (χ2n) is 8.20. The number of benzene rings is 1. The fourth-order valence-electron chi connectivity index (χ4n) is 4.33. The molecule has 0 bridgehead atoms. The molecule has 0 aliphatic carbocycles. The number of hydrogen-bond acceptors (Lipinski definition) is 5. The number of ether oxygens (including phenoxy) is 1. The monoisotopic (exact) mass is 430 g/mol. The number of carbonyl (C=O) groups excluding carboxylic acids is 1. The summed E-state index contributed by atoms with van der Waals surface area (Å²) in [6.45, 7) is 6.12. The minimum absolute atomic E-state index is 0.00886. The zero-order chi connectivity index (χ0) is 22.1. The number of imidazole rings is 1. The topological polar surface area (TPSA) is 77.5 Å². The number of fused-ring (bicyclic) bond motifs is 1. The van der Waals surface area contributed by atoms with E-state index in [9.17, 15) is 4.79 Å². The van der Waals surface area contributed by atoms with Gasteiger partial charge in [-0.15, -0.1) is 0 Å². The summed E-state index contributed by atoms with van der Waals surface area (Å²) in [5.41, 5.74) is 4.01. The predicted octanol–water partition coefficient (Wildman–Crippen LogP) is 2.99. The van der Waals surface area contributed by atoms with Crippen molar-refractivity contribution in [2.24, 2.45) is 0 Å². The van der Waals surface area contributed by atoms with Gasteiger partial charge < -0.3 is 14.2 Å². The molecule has 1 saturated heterocycles. The van der Waals surface area contributed by atoms with Gasteiger partial charge in [0.05, 0.1) is 17.9 Å². The first-order valence-corrected chi connectivity index (χ1v) is 10.9. The predicted molar refractivity (Wildman–Crippen MR) is 120 cm³/mol. The maximum absolute atomic E-state index is 12.7. The van der Waals surface area contributed by atoms with Crippen molar-refractivity contribution in [3.63, 3.8) is 0 Å². The van der Waals surface area contributed by atoms with E-state index in [2.05, 4.69) is 14.5 Å². The maximum atomic E-state index is 12.7. The third-order valence-electron chi connectivity index (χ3n) is 6.16. The molecule has 0 spiro atoms. The van der Waals surface area contributed by atoms with Crippen molar-refractivity contribution >= 4 is 11.6 Å². The van der Waals surface area contributed by atoms with Gasteiger partial charge in [-0.1, -0.05) is 18.2 Å². The summed E-state index contributed by atoms with van der Waals surface area (Å²) >= 11 is 0. The fourth-order valence-corrected chi connectivity index (χ4v) is 4.33. The van der Waals surface area contributed by atoms with Crippen molar-refractivity contribution in [3.05, 3.63) is 77.8 Å². The van der Waals surface area contributed by atoms with E-state index in [1.165, 1.54) is 0 Å². The molecule has 0 saturated carbocycles. The number of carbonyl (C=O) groups is 1. The summed E-state index contributed by atoms with van der Waals surface area (Å²) in [4.78, 5) is 23.5. The largest absolute Gasteiger partial charge is 0.484 e. The Bertz CT molecular complexity index is 1250. The summed E-state index contributed by atoms with van der Waals surface area (Å²) in [6, 6.07) is 11.5. The van der Waals surface area contributed by atoms with E-state index >= 15 is 0 Å². The molecule has 0 N–H and O–H groups in total. The van der Waals surface area contributed by atoms with Gasteiger partial charge >= 0.3 is 0 Å². The molecule has 8 nitrogen and oxygen atoms in total. The molecular formula is C24H26N6O2. The molecule has 1 fully saturated rings. The number of hydrogen-bond donors (Lipinski definition) is 0. The number of likely N-dealkylation sites (tertiary alicyclic amines) is 1. The van der Waals surface area contributed by atoms with Crippen LogP contribution in [-0.4, -0.2) is 54.7 Å². The van der Waals surface area contributed by atoms with Crippen molar-refractivity contribution in [1.82, 2.24) is 29.0 Å². The summed E-state index contributed by atoms with van der Waals surface area (Å²) in [5.74, 6) is 1.89. The third kappa shape index (κ3) is 3.84. The normalized spacial score (nSPS) is 16.1. The van der Waals surface area contributed by atoms with Crippen molar-refractivity contribution < 1.29 is 9.53 Å². The average molecular weight is 431 g/mol. The number of rotatable bonds is 6. The van der Waals surface area contributed by atoms with Crippen LogP contribution in [0, 0.1) is 13.8 Å². The van der Waals surface area contributed by atoms with Gasteiger partial charge in [0, 0.05) is 43.2 Å². The van der Waals surface area contributed by atoms with Gasteiger partial charge in [0.1, 0.15) is 11.6 Å². The van der Waals surface area contributed by atoms with Gasteiger partial charge in [-0.3, -0.25) is 4.79 Å². The SMILES string of the molecule is Cc1nn2c([C@H]3CCN(C(=O)COc4ccccc4)C3)ccnc2c1Cn1ccnc1C. The lowest BCUT2D eigenvalue weighted by Crippen LogP contribution is -2.33. The van der Waals surface area contributed by atoms with Crippen LogP contribution in [0.3, 0.4) is 0 Å². The van der Waals surface area contributed by atoms with Gasteiger partial charge in [-0.05, 0) is 38.5 Å². The van der Waals surface area contributed by atoms with Crippen molar-refractivity contribution in [1.29, 1.82) is 0 Å². The molecule has 164 valence electrons. The molecule has 8 heteroatoms. The van der Waals surface area contributed by atoms with Gasteiger partial charge in [-0.2, -0.15) is 5.10 Å². The van der Waals surface area contributed by atoms with Crippen LogP contribution in [0.5, 0.6) is 5.75 Å². The second kappa shape index (κ2) is 8.45. The highest BCUT2D eigenvalue weighted by molar-refractivity contribution is 5.78. The minimum Gasteiger partial charge on any atom is -0.484 e. The number of nitrogens with zero attached hydrogens (tertiary/aromatic N) is 6. The molecule has 4 heterocycles. The summed E-state index contributed by atoms with van der Waals surface area (Å²) in [6.07, 6.45) is 6.52. The van der Waals surface area contributed by atoms with Crippen LogP contribution in [0.1, 0.15) is 35.1 Å². The Balaban J connectivity index is 1.32. The molecular weight excluding hydrogens is 404 g/mol. The Hall–Kier alpha value is -3.68. The zero-order valence-corrected chi connectivity index (χ0v) is 18.3. The lowest BCUT2D eigenvalue weighted by atomic mass is 10.0. The van der Waals surface area contributed by atoms with E-state index in [1.807, 2.05) is 72.1 Å². The lowest BCUT2D eigenvalue weighted by molar-refractivity contribution is -0.132. The van der Waals surface area contributed by atoms with E-state index in [0.717, 1.165) is 34.8 Å². The Kier molecular flexibility index (Phi) is 5.34. The third-order valence-corrected chi connectivity index (χ3v) is 6.16. The number of aryl methyl sites for hydroxylation is 2. The first-order chi connectivity index (χ1) is 15.6. The van der Waals surface area contributed by atoms with Crippen LogP contribution in [0.25, 0.3) is 5.65 Å². The summed E-state index contributed by atoms with van der Waals surface area (Å²) < 4.78 is 9.70. The molecule has 1 amide bonds. The van der Waals surface area contributed by atoms with E-state index in [-0.39, 0.29) is 18.4 Å². The highest BCUT2D eigenvalue weighted by Gasteiger charge is 2.30. The number of para-hydroxylation sites is 1. The molecule has 1 atom stereocenters. The Morgan fingerprint density at radius 1 is 1.12 bits per heavy atom. The van der Waals surface area contributed by atoms with Crippen molar-refractivity contribution in [2.75, 3.05) is 19.7 Å². The van der Waals surface area contributed by atoms with Crippen LogP contribution in [0.15, 0.2) is 55.0 Å². The van der Waals surface area contributed by atoms with E-state index < -0.39 is 0 Å². The van der Waals surface area contributed by atoms with Crippen molar-refractivity contribution in [3.8, 4) is 5.75 Å². The van der Waals surface area contributed by atoms with Crippen LogP contribution in [0.2, 0.25) is 0 Å². The maximum Gasteiger partial charge on any atom is 0.260 e. The standard InChI is InChI=1S/C24H26N6O2/c1-17-21(15-28-13-11-25-18(28)2)24-26-10-8-22(30(24)27-17)19-9-12-29(14-19)23(31)16-32-20-6-4-3-5-7-20/h3-8,10-11,13,19H,9,12,14-16H2,1-2H3/t19-/m0/s1. The van der Waals surface area contributed by atoms with Gasteiger partial charge in [0.25, 0.3) is 5.91 Å². The van der Waals surface area contributed by atoms with E-state index in [1.54, 1.807) is 6.20 Å². The molecule has 0 radical (unpaired) electrons. The quantitative estimate of drug-likeness (QED) is 0.470. The first-order valence-electron chi connectivity index (χ1n) is 10.9. The molecule has 1 aromatic carbocycles. The zero-order valence-electron chi connectivity index (χ0n) is 18.3. The fraction of sp³-hybridized carbons (Fsp3) is 0.333. The van der Waals surface area contributed by atoms with Crippen LogP contribution >= 0.6 is 0 Å². The lowest BCUT2D eigenvalue weighted by Gasteiger charge is -2.17. The summed E-state index contributed by atoms with van der Waals surface area (Å²) in [7, 11) is 0. The highest BCUT2D eigenvalue weighted by Crippen LogP contribution is 2.29. The molecule has 0 unspecified atom stereocenters. The average Bonchev–Trinajstić information content (AvgIpc) is 3.53. The van der Waals surface area contributed by atoms with Gasteiger partial charge in [-0.25, -0.2) is 14.5 Å². The molecule has 5 rings (SSSR count). The Morgan fingerprint density at radius 2 is 1.97 bits per heavy atom. The Labute approximate surface area is 186 Å². The number of amides is 1. The molecule has 3 aromatic heterocycles. The van der Waals surface area contributed by atoms with Gasteiger partial charge in [0.15, 0.2) is 12.3 Å². The first kappa shape index (κ1) is 20.2. The second-order valence-corrected chi connectivity index (χ2v) is 8.20. The van der Waals surface area contributed by atoms with Gasteiger partial charge in [0.2, 0.25) is 0 Å². The molecule has 1 aliphatic rings. The van der Waals surface area contributed by atoms with Crippen LogP contribution in [-0.2, 0) is 11.3 Å². The van der Waals surface area contributed by atoms with E-state index in [4.69, 9.17) is 9.84 Å². The van der Waals surface area contributed by atoms with E-state index in [0.29, 0.717) is 25.4 Å². The van der Waals surface area contributed by atoms with Crippen molar-refractivity contribution in [2.45, 2.75) is 32.7 Å². The number of aromatic nitrogens is 5. The summed E-state index contributed by atoms with van der Waals surface area (Å²) in [5, 5.41) is 4.81. The molecule has 1 aliphatic heterocycles.